The molecule has 1 aliphatic heterocycles. The number of hydrogen-bond donors (Lipinski definition) is 2. The third kappa shape index (κ3) is 5.61. The average Bonchev–Trinajstić information content (AvgIpc) is 3.40. The van der Waals surface area contributed by atoms with Crippen molar-refractivity contribution in [2.45, 2.75) is 43.5 Å². The van der Waals surface area contributed by atoms with Gasteiger partial charge in [-0.2, -0.15) is 4.57 Å². The number of para-hydroxylation sites is 2. The van der Waals surface area contributed by atoms with E-state index in [1.54, 1.807) is 23.1 Å². The minimum atomic E-state index is -0.826. The monoisotopic (exact) mass is 553 g/mol. The van der Waals surface area contributed by atoms with E-state index in [-0.39, 0.29) is 12.8 Å². The Morgan fingerprint density at radius 3 is 2.57 bits per heavy atom. The van der Waals surface area contributed by atoms with Crippen LogP contribution in [0.4, 0.5) is 5.69 Å². The van der Waals surface area contributed by atoms with Crippen molar-refractivity contribution < 1.29 is 24.4 Å². The van der Waals surface area contributed by atoms with Crippen molar-refractivity contribution in [1.82, 2.24) is 0 Å². The third-order valence-corrected chi connectivity index (χ3v) is 9.13. The number of aromatic nitrogens is 1. The van der Waals surface area contributed by atoms with Gasteiger partial charge in [0.15, 0.2) is 6.54 Å². The summed E-state index contributed by atoms with van der Waals surface area (Å²) in [5.74, 6) is -1.65. The Kier molecular flexibility index (Phi) is 7.69. The Bertz CT molecular complexity index is 1470. The number of carboxylic acid groups (broad SMARTS) is 2. The fraction of sp³-hybridized carbons (Fsp3) is 0.250. The molecule has 37 heavy (non-hydrogen) atoms. The highest BCUT2D eigenvalue weighted by Gasteiger charge is 2.27. The van der Waals surface area contributed by atoms with Crippen LogP contribution in [-0.2, 0) is 16.1 Å². The number of anilines is 1. The zero-order chi connectivity index (χ0) is 25.9. The second-order valence-corrected chi connectivity index (χ2v) is 11.4. The maximum Gasteiger partial charge on any atom is 0.309 e. The molecule has 1 aliphatic carbocycles. The Morgan fingerprint density at radius 2 is 1.76 bits per heavy atom. The molecule has 0 bridgehead atoms. The molecule has 9 heteroatoms. The molecule has 0 saturated carbocycles. The van der Waals surface area contributed by atoms with Crippen LogP contribution in [0.2, 0.25) is 0 Å². The number of thioether (sulfide) groups is 1. The van der Waals surface area contributed by atoms with Gasteiger partial charge in [-0.1, -0.05) is 59.0 Å². The number of carbonyl (C=O) groups is 2. The molecule has 5 rings (SSSR count). The molecule has 0 radical (unpaired) electrons. The highest BCUT2D eigenvalue weighted by atomic mass is 35.5. The Balaban J connectivity index is 1.51. The summed E-state index contributed by atoms with van der Waals surface area (Å²) >= 11 is 10.3. The van der Waals surface area contributed by atoms with E-state index < -0.39 is 11.9 Å². The first-order valence-corrected chi connectivity index (χ1v) is 14.1. The van der Waals surface area contributed by atoms with Gasteiger partial charge in [-0.3, -0.25) is 9.59 Å². The van der Waals surface area contributed by atoms with Crippen LogP contribution in [0.25, 0.3) is 16.3 Å². The van der Waals surface area contributed by atoms with Crippen LogP contribution in [-0.4, -0.2) is 28.7 Å². The van der Waals surface area contributed by atoms with Crippen LogP contribution in [0, 0.1) is 0 Å². The lowest BCUT2D eigenvalue weighted by atomic mass is 9.94. The molecule has 2 N–H and O–H groups in total. The predicted octanol–water partition coefficient (Wildman–Crippen LogP) is 6.65. The molecule has 0 fully saturated rings. The number of hydrogen-bond acceptors (Lipinski definition) is 5. The summed E-state index contributed by atoms with van der Waals surface area (Å²) in [7, 11) is 0. The maximum absolute atomic E-state index is 11.3. The van der Waals surface area contributed by atoms with Crippen molar-refractivity contribution in [2.75, 3.05) is 11.4 Å². The zero-order valence-electron chi connectivity index (χ0n) is 20.0. The molecule has 3 aromatic rings. The number of fused-ring (bicyclic) bond motifs is 2. The third-order valence-electron chi connectivity index (χ3n) is 6.42. The van der Waals surface area contributed by atoms with Crippen LogP contribution in [0.5, 0.6) is 0 Å². The molecule has 0 spiro atoms. The van der Waals surface area contributed by atoms with Gasteiger partial charge >= 0.3 is 11.9 Å². The SMILES string of the molecule is O=C(O)CCN1/C(=C\C2=C(Cl)C(=C/c3sc4ccccc4[n+]3CCC(=O)O)/CCC2)Sc2ccccc21. The molecule has 2 heterocycles. The summed E-state index contributed by atoms with van der Waals surface area (Å²) in [5.41, 5.74) is 4.11. The predicted molar refractivity (Wildman–Crippen MR) is 149 cm³/mol. The standard InChI is InChI=1S/C28H25ClN2O4S2/c29-28-18(16-24-30(14-12-26(32)33)20-8-1-3-10-22(20)36-24)6-5-7-19(28)17-25-31(15-13-27(34)35)21-9-2-4-11-23(21)37-25/h1-4,8-11,16-17H,5-7,12-15H2,(H-,32,33,34,35)/p+1. The summed E-state index contributed by atoms with van der Waals surface area (Å²) in [6.45, 7) is 0.786. The molecule has 0 amide bonds. The van der Waals surface area contributed by atoms with Crippen LogP contribution >= 0.6 is 34.7 Å². The van der Waals surface area contributed by atoms with Crippen molar-refractivity contribution >= 4 is 68.6 Å². The van der Waals surface area contributed by atoms with E-state index in [2.05, 4.69) is 21.6 Å². The largest absolute Gasteiger partial charge is 0.481 e. The molecular formula is C28H26ClN2O4S2+. The lowest BCUT2D eigenvalue weighted by molar-refractivity contribution is -0.667. The Labute approximate surface area is 228 Å². The summed E-state index contributed by atoms with van der Waals surface area (Å²) < 4.78 is 3.17. The summed E-state index contributed by atoms with van der Waals surface area (Å²) in [6, 6.07) is 16.0. The van der Waals surface area contributed by atoms with Crippen molar-refractivity contribution in [2.24, 2.45) is 0 Å². The molecule has 0 saturated heterocycles. The smallest absolute Gasteiger partial charge is 0.309 e. The van der Waals surface area contributed by atoms with Gasteiger partial charge < -0.3 is 15.1 Å². The minimum absolute atomic E-state index is 0.0481. The first-order valence-electron chi connectivity index (χ1n) is 12.1. The molecule has 0 atom stereocenters. The van der Waals surface area contributed by atoms with Crippen molar-refractivity contribution in [3.8, 4) is 0 Å². The molecular weight excluding hydrogens is 528 g/mol. The molecule has 2 aromatic carbocycles. The van der Waals surface area contributed by atoms with E-state index in [9.17, 15) is 19.8 Å². The van der Waals surface area contributed by atoms with Gasteiger partial charge in [-0.25, -0.2) is 0 Å². The number of benzene rings is 2. The van der Waals surface area contributed by atoms with Gasteiger partial charge in [0.1, 0.15) is 11.1 Å². The van der Waals surface area contributed by atoms with Gasteiger partial charge in [-0.05, 0) is 54.7 Å². The van der Waals surface area contributed by atoms with Gasteiger partial charge in [0.25, 0.3) is 5.01 Å². The molecule has 6 nitrogen and oxygen atoms in total. The van der Waals surface area contributed by atoms with Gasteiger partial charge in [0, 0.05) is 28.6 Å². The Morgan fingerprint density at radius 1 is 1.00 bits per heavy atom. The van der Waals surface area contributed by atoms with E-state index in [1.165, 1.54) is 0 Å². The normalized spacial score (nSPS) is 17.7. The second-order valence-electron chi connectivity index (χ2n) is 8.91. The lowest BCUT2D eigenvalue weighted by Gasteiger charge is -2.22. The highest BCUT2D eigenvalue weighted by molar-refractivity contribution is 8.03. The molecule has 0 unspecified atom stereocenters. The van der Waals surface area contributed by atoms with Crippen LogP contribution in [0.1, 0.15) is 37.1 Å². The van der Waals surface area contributed by atoms with Crippen LogP contribution in [0.15, 0.2) is 80.7 Å². The van der Waals surface area contributed by atoms with Gasteiger partial charge in [0.2, 0.25) is 5.52 Å². The molecule has 1 aromatic heterocycles. The van der Waals surface area contributed by atoms with Gasteiger partial charge in [0.05, 0.1) is 17.1 Å². The van der Waals surface area contributed by atoms with E-state index in [0.29, 0.717) is 13.1 Å². The van der Waals surface area contributed by atoms with Gasteiger partial charge in [-0.15, -0.1) is 0 Å². The number of rotatable bonds is 8. The van der Waals surface area contributed by atoms with Crippen molar-refractivity contribution in [1.29, 1.82) is 0 Å². The van der Waals surface area contributed by atoms with Crippen molar-refractivity contribution in [3.05, 3.63) is 80.8 Å². The van der Waals surface area contributed by atoms with E-state index in [1.807, 2.05) is 48.5 Å². The zero-order valence-corrected chi connectivity index (χ0v) is 22.4. The number of nitrogens with zero attached hydrogens (tertiary/aromatic N) is 2. The quantitative estimate of drug-likeness (QED) is 0.304. The highest BCUT2D eigenvalue weighted by Crippen LogP contribution is 2.47. The number of thiazole rings is 1. The van der Waals surface area contributed by atoms with Crippen LogP contribution in [0.3, 0.4) is 0 Å². The van der Waals surface area contributed by atoms with E-state index in [0.717, 1.165) is 66.3 Å². The fourth-order valence-electron chi connectivity index (χ4n) is 4.66. The first-order chi connectivity index (χ1) is 17.9. The van der Waals surface area contributed by atoms with E-state index in [4.69, 9.17) is 11.6 Å². The van der Waals surface area contributed by atoms with E-state index >= 15 is 0 Å². The number of allylic oxidation sites excluding steroid dienone is 4. The first kappa shape index (κ1) is 25.6. The maximum atomic E-state index is 11.3. The lowest BCUT2D eigenvalue weighted by Crippen LogP contribution is -2.36. The van der Waals surface area contributed by atoms with Crippen molar-refractivity contribution in [3.63, 3.8) is 0 Å². The summed E-state index contributed by atoms with van der Waals surface area (Å²) in [4.78, 5) is 25.7. The summed E-state index contributed by atoms with van der Waals surface area (Å²) in [5, 5.41) is 21.2. The second kappa shape index (κ2) is 11.1. The number of aryl methyl sites for hydroxylation is 1. The van der Waals surface area contributed by atoms with Crippen LogP contribution < -0.4 is 9.47 Å². The average molecular weight is 554 g/mol. The molecule has 190 valence electrons. The number of halogens is 1. The Hall–Kier alpha value is -3.07. The number of carboxylic acids is 2. The molecule has 2 aliphatic rings. The summed E-state index contributed by atoms with van der Waals surface area (Å²) in [6.07, 6.45) is 6.94. The fourth-order valence-corrected chi connectivity index (χ4v) is 7.27. The number of aliphatic carboxylic acids is 2. The minimum Gasteiger partial charge on any atom is -0.481 e. The topological polar surface area (TPSA) is 81.7 Å².